The van der Waals surface area contributed by atoms with E-state index in [4.69, 9.17) is 0 Å². The van der Waals surface area contributed by atoms with Gasteiger partial charge in [-0.3, -0.25) is 4.98 Å². The molecule has 87 valence electrons. The van der Waals surface area contributed by atoms with E-state index in [9.17, 15) is 0 Å². The van der Waals surface area contributed by atoms with Crippen LogP contribution in [0.25, 0.3) is 10.9 Å². The zero-order valence-corrected chi connectivity index (χ0v) is 11.1. The predicted molar refractivity (Wildman–Crippen MR) is 76.2 cm³/mol. The van der Waals surface area contributed by atoms with Gasteiger partial charge in [0.2, 0.25) is 0 Å². The van der Waals surface area contributed by atoms with E-state index in [1.54, 1.807) is 0 Å². The number of hydrogen-bond acceptors (Lipinski definition) is 1. The lowest BCUT2D eigenvalue weighted by atomic mass is 9.49. The second-order valence-electron chi connectivity index (χ2n) is 5.40. The molecule has 1 aromatic heterocycles. The Kier molecular flexibility index (Phi) is 3.23. The number of nitrogens with zero attached hydrogens (tertiary/aromatic N) is 1. The second-order valence-corrected chi connectivity index (χ2v) is 5.40. The van der Waals surface area contributed by atoms with Gasteiger partial charge in [0, 0.05) is 11.6 Å². The first kappa shape index (κ1) is 12.2. The van der Waals surface area contributed by atoms with Crippen LogP contribution in [0.15, 0.2) is 30.5 Å². The molecule has 1 heterocycles. The van der Waals surface area contributed by atoms with E-state index in [-0.39, 0.29) is 5.31 Å². The van der Waals surface area contributed by atoms with Crippen LogP contribution < -0.4 is 5.46 Å². The molecule has 2 rings (SSSR count). The van der Waals surface area contributed by atoms with E-state index in [1.807, 2.05) is 6.20 Å². The van der Waals surface area contributed by atoms with Crippen LogP contribution in [0.5, 0.6) is 0 Å². The summed E-state index contributed by atoms with van der Waals surface area (Å²) in [5.74, 6) is 0. The van der Waals surface area contributed by atoms with Gasteiger partial charge < -0.3 is 0 Å². The van der Waals surface area contributed by atoms with Gasteiger partial charge in [0.15, 0.2) is 7.28 Å². The molecule has 0 aliphatic heterocycles. The molecule has 2 aromatic rings. The van der Waals surface area contributed by atoms with E-state index in [0.29, 0.717) is 0 Å². The summed E-state index contributed by atoms with van der Waals surface area (Å²) < 4.78 is 0. The van der Waals surface area contributed by atoms with Gasteiger partial charge >= 0.3 is 0 Å². The minimum absolute atomic E-state index is 0.234. The topological polar surface area (TPSA) is 12.9 Å². The molecule has 0 unspecified atom stereocenters. The van der Waals surface area contributed by atoms with Crippen LogP contribution in [0.1, 0.15) is 32.8 Å². The van der Waals surface area contributed by atoms with Crippen LogP contribution >= 0.6 is 0 Å². The van der Waals surface area contributed by atoms with Crippen LogP contribution in [0.4, 0.5) is 0 Å². The Morgan fingerprint density at radius 3 is 2.76 bits per heavy atom. The zero-order valence-electron chi connectivity index (χ0n) is 11.1. The molecule has 0 N–H and O–H groups in total. The van der Waals surface area contributed by atoms with Crippen molar-refractivity contribution in [3.63, 3.8) is 0 Å². The standard InChI is InChI=1S/C15H19BN/c1-5-15(3,4)16-12-9-13-11(2)7-6-8-14(13)17-10-12/h6-10H,5H2,1-4H3. The smallest absolute Gasteiger partial charge is 0.160 e. The first-order valence-corrected chi connectivity index (χ1v) is 6.23. The van der Waals surface area contributed by atoms with Gasteiger partial charge in [0.25, 0.3) is 0 Å². The van der Waals surface area contributed by atoms with Gasteiger partial charge in [-0.25, -0.2) is 0 Å². The lowest BCUT2D eigenvalue weighted by molar-refractivity contribution is 0.648. The minimum Gasteiger partial charge on any atom is -0.257 e. The number of fused-ring (bicyclic) bond motifs is 1. The molecular weight excluding hydrogens is 205 g/mol. The number of benzene rings is 1. The molecule has 0 aliphatic carbocycles. The van der Waals surface area contributed by atoms with Crippen molar-refractivity contribution in [1.82, 2.24) is 4.98 Å². The maximum atomic E-state index is 4.53. The van der Waals surface area contributed by atoms with Crippen molar-refractivity contribution in [2.75, 3.05) is 0 Å². The Bertz CT molecular complexity index is 531. The molecule has 1 nitrogen and oxygen atoms in total. The summed E-state index contributed by atoms with van der Waals surface area (Å²) in [6.07, 6.45) is 3.11. The highest BCUT2D eigenvalue weighted by molar-refractivity contribution is 6.56. The summed E-state index contributed by atoms with van der Waals surface area (Å²) in [6, 6.07) is 8.51. The maximum absolute atomic E-state index is 4.53. The molecule has 0 fully saturated rings. The summed E-state index contributed by atoms with van der Waals surface area (Å²) in [5.41, 5.74) is 3.59. The fourth-order valence-corrected chi connectivity index (χ4v) is 1.95. The molecular formula is C15H19BN. The van der Waals surface area contributed by atoms with Gasteiger partial charge in [-0.1, -0.05) is 56.2 Å². The quantitative estimate of drug-likeness (QED) is 0.727. The van der Waals surface area contributed by atoms with E-state index in [2.05, 4.69) is 64.2 Å². The Hall–Kier alpha value is -1.31. The summed E-state index contributed by atoms with van der Waals surface area (Å²) in [6.45, 7) is 8.87. The molecule has 1 radical (unpaired) electrons. The second kappa shape index (κ2) is 4.52. The molecule has 0 aliphatic rings. The minimum atomic E-state index is 0.234. The maximum Gasteiger partial charge on any atom is 0.160 e. The largest absolute Gasteiger partial charge is 0.257 e. The fraction of sp³-hybridized carbons (Fsp3) is 0.400. The third kappa shape index (κ3) is 2.69. The highest BCUT2D eigenvalue weighted by Crippen LogP contribution is 2.26. The van der Waals surface area contributed by atoms with E-state index < -0.39 is 0 Å². The lowest BCUT2D eigenvalue weighted by Gasteiger charge is -2.21. The third-order valence-electron chi connectivity index (χ3n) is 3.43. The summed E-state index contributed by atoms with van der Waals surface area (Å²) in [7, 11) is 2.31. The van der Waals surface area contributed by atoms with Crippen molar-refractivity contribution >= 4 is 23.6 Å². The number of rotatable bonds is 3. The van der Waals surface area contributed by atoms with Crippen molar-refractivity contribution < 1.29 is 0 Å². The molecule has 17 heavy (non-hydrogen) atoms. The molecule has 0 spiro atoms. The average Bonchev–Trinajstić information content (AvgIpc) is 2.30. The normalized spacial score (nSPS) is 11.8. The highest BCUT2D eigenvalue weighted by Gasteiger charge is 2.18. The van der Waals surface area contributed by atoms with Gasteiger partial charge in [-0.2, -0.15) is 0 Å². The van der Waals surface area contributed by atoms with Crippen LogP contribution in [-0.4, -0.2) is 12.3 Å². The average molecular weight is 224 g/mol. The highest BCUT2D eigenvalue weighted by atomic mass is 14.6. The van der Waals surface area contributed by atoms with Gasteiger partial charge in [-0.15, -0.1) is 0 Å². The van der Waals surface area contributed by atoms with Crippen molar-refractivity contribution in [2.45, 2.75) is 39.4 Å². The Morgan fingerprint density at radius 2 is 2.06 bits per heavy atom. The molecule has 2 heteroatoms. The molecule has 0 amide bonds. The van der Waals surface area contributed by atoms with Crippen molar-refractivity contribution in [3.8, 4) is 0 Å². The summed E-state index contributed by atoms with van der Waals surface area (Å²) in [5, 5.41) is 1.49. The van der Waals surface area contributed by atoms with Crippen LogP contribution in [0, 0.1) is 6.92 Å². The van der Waals surface area contributed by atoms with Crippen LogP contribution in [0.3, 0.4) is 0 Å². The van der Waals surface area contributed by atoms with E-state index >= 15 is 0 Å². The number of aryl methyl sites for hydroxylation is 1. The van der Waals surface area contributed by atoms with Crippen LogP contribution in [0.2, 0.25) is 5.31 Å². The summed E-state index contributed by atoms with van der Waals surface area (Å²) in [4.78, 5) is 4.53. The summed E-state index contributed by atoms with van der Waals surface area (Å²) >= 11 is 0. The fourth-order valence-electron chi connectivity index (χ4n) is 1.95. The molecule has 0 saturated carbocycles. The van der Waals surface area contributed by atoms with Crippen molar-refractivity contribution in [1.29, 1.82) is 0 Å². The number of aromatic nitrogens is 1. The molecule has 1 aromatic carbocycles. The van der Waals surface area contributed by atoms with Gasteiger partial charge in [0.1, 0.15) is 0 Å². The number of hydrogen-bond donors (Lipinski definition) is 0. The predicted octanol–water partition coefficient (Wildman–Crippen LogP) is 3.48. The van der Waals surface area contributed by atoms with Gasteiger partial charge in [-0.05, 0) is 18.6 Å². The van der Waals surface area contributed by atoms with Crippen molar-refractivity contribution in [2.24, 2.45) is 0 Å². The van der Waals surface area contributed by atoms with Crippen LogP contribution in [-0.2, 0) is 0 Å². The van der Waals surface area contributed by atoms with E-state index in [1.165, 1.54) is 16.4 Å². The van der Waals surface area contributed by atoms with E-state index in [0.717, 1.165) is 11.9 Å². The zero-order chi connectivity index (χ0) is 12.5. The first-order valence-electron chi connectivity index (χ1n) is 6.23. The lowest BCUT2D eigenvalue weighted by Crippen LogP contribution is -2.25. The first-order chi connectivity index (χ1) is 8.02. The third-order valence-corrected chi connectivity index (χ3v) is 3.43. The van der Waals surface area contributed by atoms with Crippen molar-refractivity contribution in [3.05, 3.63) is 36.0 Å². The Labute approximate surface area is 105 Å². The number of pyridine rings is 1. The monoisotopic (exact) mass is 224 g/mol. The molecule has 0 atom stereocenters. The Balaban J connectivity index is 2.41. The molecule has 0 bridgehead atoms. The Morgan fingerprint density at radius 1 is 1.29 bits per heavy atom. The SMILES string of the molecule is CCC(C)(C)[B]c1cnc2cccc(C)c2c1. The van der Waals surface area contributed by atoms with Gasteiger partial charge in [0.05, 0.1) is 5.52 Å². The molecule has 0 saturated heterocycles.